The van der Waals surface area contributed by atoms with Crippen molar-refractivity contribution < 1.29 is 24.2 Å². The average Bonchev–Trinajstić information content (AvgIpc) is 2.29. The zero-order valence-corrected chi connectivity index (χ0v) is 10.8. The predicted octanol–water partition coefficient (Wildman–Crippen LogP) is 1.67. The molecule has 19 heavy (non-hydrogen) atoms. The molecule has 0 heterocycles. The van der Waals surface area contributed by atoms with Crippen molar-refractivity contribution in [1.82, 2.24) is 4.90 Å². The first kappa shape index (κ1) is 15.1. The number of hydrogen-bond donors (Lipinski definition) is 2. The van der Waals surface area contributed by atoms with Crippen molar-refractivity contribution in [3.8, 4) is 0 Å². The standard InChI is InChI=1S/C13H16FNO4/c1-8-3-4-10(5-11(8)14)9(2)15(6-12(16)17)7-13(18)19/h3-5,9H,6-7H2,1-2H3,(H,16,17)(H,18,19). The number of rotatable bonds is 6. The second-order valence-electron chi connectivity index (χ2n) is 4.38. The molecule has 5 nitrogen and oxygen atoms in total. The summed E-state index contributed by atoms with van der Waals surface area (Å²) in [6.45, 7) is 2.44. The van der Waals surface area contributed by atoms with Gasteiger partial charge in [-0.3, -0.25) is 14.5 Å². The lowest BCUT2D eigenvalue weighted by molar-refractivity contribution is -0.142. The van der Waals surface area contributed by atoms with E-state index in [0.717, 1.165) is 0 Å². The monoisotopic (exact) mass is 269 g/mol. The van der Waals surface area contributed by atoms with Crippen molar-refractivity contribution in [2.24, 2.45) is 0 Å². The Hall–Kier alpha value is -1.95. The van der Waals surface area contributed by atoms with Crippen molar-refractivity contribution >= 4 is 11.9 Å². The second-order valence-corrected chi connectivity index (χ2v) is 4.38. The Balaban J connectivity index is 2.96. The van der Waals surface area contributed by atoms with Crippen LogP contribution in [0.3, 0.4) is 0 Å². The van der Waals surface area contributed by atoms with Gasteiger partial charge in [-0.15, -0.1) is 0 Å². The van der Waals surface area contributed by atoms with Gasteiger partial charge < -0.3 is 10.2 Å². The lowest BCUT2D eigenvalue weighted by Gasteiger charge is -2.26. The second kappa shape index (κ2) is 6.29. The highest BCUT2D eigenvalue weighted by molar-refractivity contribution is 5.72. The fourth-order valence-electron chi connectivity index (χ4n) is 1.76. The van der Waals surface area contributed by atoms with Gasteiger partial charge >= 0.3 is 11.9 Å². The molecule has 0 aromatic heterocycles. The topological polar surface area (TPSA) is 77.8 Å². The van der Waals surface area contributed by atoms with E-state index in [1.807, 2.05) is 0 Å². The van der Waals surface area contributed by atoms with Gasteiger partial charge in [0.1, 0.15) is 5.82 Å². The molecule has 0 aliphatic heterocycles. The first-order chi connectivity index (χ1) is 8.81. The van der Waals surface area contributed by atoms with E-state index in [4.69, 9.17) is 10.2 Å². The van der Waals surface area contributed by atoms with E-state index in [1.165, 1.54) is 11.0 Å². The van der Waals surface area contributed by atoms with Crippen LogP contribution in [0.1, 0.15) is 24.1 Å². The molecule has 0 saturated heterocycles. The van der Waals surface area contributed by atoms with E-state index in [-0.39, 0.29) is 0 Å². The lowest BCUT2D eigenvalue weighted by atomic mass is 10.0. The summed E-state index contributed by atoms with van der Waals surface area (Å²) in [5, 5.41) is 17.6. The van der Waals surface area contributed by atoms with Gasteiger partial charge in [-0.1, -0.05) is 12.1 Å². The molecule has 0 amide bonds. The van der Waals surface area contributed by atoms with Crippen LogP contribution in [0, 0.1) is 12.7 Å². The maximum absolute atomic E-state index is 13.5. The van der Waals surface area contributed by atoms with Crippen molar-refractivity contribution in [2.45, 2.75) is 19.9 Å². The Labute approximate surface area is 110 Å². The van der Waals surface area contributed by atoms with E-state index in [9.17, 15) is 14.0 Å². The zero-order chi connectivity index (χ0) is 14.6. The molecule has 1 unspecified atom stereocenters. The number of hydrogen-bond acceptors (Lipinski definition) is 3. The molecule has 104 valence electrons. The molecular formula is C13H16FNO4. The largest absolute Gasteiger partial charge is 0.480 e. The summed E-state index contributed by atoms with van der Waals surface area (Å²) < 4.78 is 13.5. The van der Waals surface area contributed by atoms with E-state index in [1.54, 1.807) is 26.0 Å². The van der Waals surface area contributed by atoms with Crippen molar-refractivity contribution in [3.63, 3.8) is 0 Å². The summed E-state index contributed by atoms with van der Waals surface area (Å²) in [6, 6.07) is 4.06. The van der Waals surface area contributed by atoms with E-state index < -0.39 is 36.9 Å². The molecule has 0 radical (unpaired) electrons. The highest BCUT2D eigenvalue weighted by Crippen LogP contribution is 2.21. The highest BCUT2D eigenvalue weighted by Gasteiger charge is 2.21. The average molecular weight is 269 g/mol. The number of aliphatic carboxylic acids is 2. The number of carboxylic acids is 2. The summed E-state index contributed by atoms with van der Waals surface area (Å²) in [5.74, 6) is -2.64. The molecule has 1 rings (SSSR count). The fraction of sp³-hybridized carbons (Fsp3) is 0.385. The van der Waals surface area contributed by atoms with Crippen LogP contribution in [0.5, 0.6) is 0 Å². The van der Waals surface area contributed by atoms with Crippen molar-refractivity contribution in [1.29, 1.82) is 0 Å². The number of aryl methyl sites for hydroxylation is 1. The first-order valence-electron chi connectivity index (χ1n) is 5.75. The van der Waals surface area contributed by atoms with Gasteiger partial charge in [-0.05, 0) is 31.0 Å². The molecule has 0 aliphatic rings. The van der Waals surface area contributed by atoms with Crippen LogP contribution in [0.4, 0.5) is 4.39 Å². The van der Waals surface area contributed by atoms with Crippen LogP contribution < -0.4 is 0 Å². The summed E-state index contributed by atoms with van der Waals surface area (Å²) in [6.07, 6.45) is 0. The third-order valence-electron chi connectivity index (χ3n) is 2.90. The predicted molar refractivity (Wildman–Crippen MR) is 66.4 cm³/mol. The Morgan fingerprint density at radius 1 is 1.26 bits per heavy atom. The zero-order valence-electron chi connectivity index (χ0n) is 10.8. The van der Waals surface area contributed by atoms with Crippen molar-refractivity contribution in [2.75, 3.05) is 13.1 Å². The molecule has 2 N–H and O–H groups in total. The number of halogens is 1. The molecule has 0 spiro atoms. The minimum absolute atomic E-state index is 0.394. The Morgan fingerprint density at radius 2 is 1.79 bits per heavy atom. The maximum Gasteiger partial charge on any atom is 0.317 e. The van der Waals surface area contributed by atoms with Crippen LogP contribution >= 0.6 is 0 Å². The quantitative estimate of drug-likeness (QED) is 0.821. The van der Waals surface area contributed by atoms with Gasteiger partial charge in [0.15, 0.2) is 0 Å². The van der Waals surface area contributed by atoms with Gasteiger partial charge in [-0.2, -0.15) is 0 Å². The minimum atomic E-state index is -1.12. The van der Waals surface area contributed by atoms with Gasteiger partial charge in [0, 0.05) is 6.04 Å². The molecule has 0 fully saturated rings. The van der Waals surface area contributed by atoms with Gasteiger partial charge in [0.25, 0.3) is 0 Å². The third-order valence-corrected chi connectivity index (χ3v) is 2.90. The van der Waals surface area contributed by atoms with Gasteiger partial charge in [0.05, 0.1) is 13.1 Å². The summed E-state index contributed by atoms with van der Waals surface area (Å²) in [5.41, 5.74) is 1.03. The SMILES string of the molecule is Cc1ccc(C(C)N(CC(=O)O)CC(=O)O)cc1F. The van der Waals surface area contributed by atoms with Crippen LogP contribution in [-0.2, 0) is 9.59 Å². The number of benzene rings is 1. The Morgan fingerprint density at radius 3 is 2.21 bits per heavy atom. The van der Waals surface area contributed by atoms with E-state index in [0.29, 0.717) is 11.1 Å². The number of carbonyl (C=O) groups is 2. The number of carboxylic acid groups (broad SMARTS) is 2. The minimum Gasteiger partial charge on any atom is -0.480 e. The molecule has 1 atom stereocenters. The molecule has 6 heteroatoms. The van der Waals surface area contributed by atoms with Crippen molar-refractivity contribution in [3.05, 3.63) is 35.1 Å². The van der Waals surface area contributed by atoms with Gasteiger partial charge in [0.2, 0.25) is 0 Å². The van der Waals surface area contributed by atoms with Crippen LogP contribution in [0.2, 0.25) is 0 Å². The molecule has 0 bridgehead atoms. The molecule has 0 aliphatic carbocycles. The number of nitrogens with zero attached hydrogens (tertiary/aromatic N) is 1. The summed E-state index contributed by atoms with van der Waals surface area (Å²) >= 11 is 0. The fourth-order valence-corrected chi connectivity index (χ4v) is 1.76. The molecule has 1 aromatic carbocycles. The summed E-state index contributed by atoms with van der Waals surface area (Å²) in [4.78, 5) is 22.7. The Kier molecular flexibility index (Phi) is 5.00. The maximum atomic E-state index is 13.5. The summed E-state index contributed by atoms with van der Waals surface area (Å²) in [7, 11) is 0. The Bertz CT molecular complexity index is 474. The van der Waals surface area contributed by atoms with E-state index in [2.05, 4.69) is 0 Å². The van der Waals surface area contributed by atoms with Gasteiger partial charge in [-0.25, -0.2) is 4.39 Å². The first-order valence-corrected chi connectivity index (χ1v) is 5.75. The van der Waals surface area contributed by atoms with Crippen LogP contribution in [-0.4, -0.2) is 40.1 Å². The molecule has 0 saturated carbocycles. The molecular weight excluding hydrogens is 253 g/mol. The normalized spacial score (nSPS) is 12.4. The highest BCUT2D eigenvalue weighted by atomic mass is 19.1. The third kappa shape index (κ3) is 4.33. The van der Waals surface area contributed by atoms with Crippen LogP contribution in [0.25, 0.3) is 0 Å². The van der Waals surface area contributed by atoms with E-state index >= 15 is 0 Å². The smallest absolute Gasteiger partial charge is 0.317 e. The molecule has 1 aromatic rings. The lowest BCUT2D eigenvalue weighted by Crippen LogP contribution is -2.36. The van der Waals surface area contributed by atoms with Crippen LogP contribution in [0.15, 0.2) is 18.2 Å².